The molecule has 100 valence electrons. The molecular formula is C12H15Br2NO2S. The minimum absolute atomic E-state index is 0.0790. The molecule has 0 radical (unpaired) electrons. The highest BCUT2D eigenvalue weighted by atomic mass is 79.9. The minimum atomic E-state index is 0.0790. The summed E-state index contributed by atoms with van der Waals surface area (Å²) in [6.45, 7) is 2.45. The predicted molar refractivity (Wildman–Crippen MR) is 80.2 cm³/mol. The Balaban J connectivity index is 1.97. The van der Waals surface area contributed by atoms with Gasteiger partial charge in [-0.05, 0) is 56.7 Å². The Labute approximate surface area is 128 Å². The molecular weight excluding hydrogens is 382 g/mol. The average Bonchev–Trinajstić information content (AvgIpc) is 2.68. The lowest BCUT2D eigenvalue weighted by Crippen LogP contribution is -2.34. The Kier molecular flexibility index (Phi) is 5.24. The fraction of sp³-hybridized carbons (Fsp3) is 0.583. The van der Waals surface area contributed by atoms with Crippen LogP contribution in [0.4, 0.5) is 0 Å². The summed E-state index contributed by atoms with van der Waals surface area (Å²) in [7, 11) is 1.87. The van der Waals surface area contributed by atoms with Crippen molar-refractivity contribution >= 4 is 49.1 Å². The van der Waals surface area contributed by atoms with Crippen LogP contribution in [0.2, 0.25) is 0 Å². The van der Waals surface area contributed by atoms with E-state index in [1.165, 1.54) is 11.3 Å². The Morgan fingerprint density at radius 1 is 1.50 bits per heavy atom. The van der Waals surface area contributed by atoms with Crippen LogP contribution in [0.25, 0.3) is 0 Å². The van der Waals surface area contributed by atoms with Crippen LogP contribution in [-0.2, 0) is 4.74 Å². The first kappa shape index (κ1) is 14.5. The SMILES string of the molecule is CN(CC1CCOCC1)C(=O)c1cc(Br)sc1Br. The summed E-state index contributed by atoms with van der Waals surface area (Å²) >= 11 is 8.36. The van der Waals surface area contributed by atoms with Gasteiger partial charge in [0.15, 0.2) is 0 Å². The number of hydrogen-bond acceptors (Lipinski definition) is 3. The van der Waals surface area contributed by atoms with Crippen LogP contribution in [0.3, 0.4) is 0 Å². The topological polar surface area (TPSA) is 29.5 Å². The number of amides is 1. The Morgan fingerprint density at radius 3 is 2.72 bits per heavy atom. The number of halogens is 2. The van der Waals surface area contributed by atoms with E-state index in [1.54, 1.807) is 0 Å². The zero-order chi connectivity index (χ0) is 13.1. The maximum absolute atomic E-state index is 12.3. The lowest BCUT2D eigenvalue weighted by molar-refractivity contribution is 0.0497. The standard InChI is InChI=1S/C12H15Br2NO2S/c1-15(7-8-2-4-17-5-3-8)12(16)9-6-10(13)18-11(9)14/h6,8H,2-5,7H2,1H3. The van der Waals surface area contributed by atoms with Crippen molar-refractivity contribution in [1.82, 2.24) is 4.90 Å². The molecule has 0 unspecified atom stereocenters. The second-order valence-corrected chi connectivity index (χ2v) is 8.23. The van der Waals surface area contributed by atoms with Crippen LogP contribution < -0.4 is 0 Å². The van der Waals surface area contributed by atoms with Crippen LogP contribution in [0.5, 0.6) is 0 Å². The lowest BCUT2D eigenvalue weighted by Gasteiger charge is -2.27. The molecule has 2 heterocycles. The van der Waals surface area contributed by atoms with E-state index in [0.717, 1.165) is 45.7 Å². The van der Waals surface area contributed by atoms with E-state index in [2.05, 4.69) is 31.9 Å². The monoisotopic (exact) mass is 395 g/mol. The fourth-order valence-electron chi connectivity index (χ4n) is 2.09. The van der Waals surface area contributed by atoms with Crippen LogP contribution in [0.15, 0.2) is 13.6 Å². The van der Waals surface area contributed by atoms with Gasteiger partial charge in [-0.25, -0.2) is 0 Å². The molecule has 18 heavy (non-hydrogen) atoms. The van der Waals surface area contributed by atoms with Gasteiger partial charge in [-0.1, -0.05) is 0 Å². The number of ether oxygens (including phenoxy) is 1. The normalized spacial score (nSPS) is 16.8. The fourth-order valence-corrected chi connectivity index (χ4v) is 4.87. The summed E-state index contributed by atoms with van der Waals surface area (Å²) in [5.41, 5.74) is 0.737. The molecule has 0 aliphatic carbocycles. The first-order chi connectivity index (χ1) is 8.58. The van der Waals surface area contributed by atoms with Gasteiger partial charge in [0.1, 0.15) is 0 Å². The Hall–Kier alpha value is 0.0900. The number of carbonyl (C=O) groups is 1. The van der Waals surface area contributed by atoms with Gasteiger partial charge in [0.2, 0.25) is 0 Å². The summed E-state index contributed by atoms with van der Waals surface area (Å²) < 4.78 is 7.19. The molecule has 6 heteroatoms. The van der Waals surface area contributed by atoms with Gasteiger partial charge < -0.3 is 9.64 Å². The first-order valence-corrected chi connectivity index (χ1v) is 8.26. The Bertz CT molecular complexity index is 430. The molecule has 1 aromatic heterocycles. The van der Waals surface area contributed by atoms with Crippen molar-refractivity contribution in [2.45, 2.75) is 12.8 Å². The highest BCUT2D eigenvalue weighted by Crippen LogP contribution is 2.32. The van der Waals surface area contributed by atoms with E-state index in [4.69, 9.17) is 4.74 Å². The van der Waals surface area contributed by atoms with Crippen LogP contribution >= 0.6 is 43.2 Å². The van der Waals surface area contributed by atoms with Crippen molar-refractivity contribution in [1.29, 1.82) is 0 Å². The van der Waals surface area contributed by atoms with Gasteiger partial charge in [-0.2, -0.15) is 0 Å². The molecule has 1 aromatic rings. The minimum Gasteiger partial charge on any atom is -0.381 e. The van der Waals surface area contributed by atoms with E-state index in [-0.39, 0.29) is 5.91 Å². The summed E-state index contributed by atoms with van der Waals surface area (Å²) in [6.07, 6.45) is 2.10. The largest absolute Gasteiger partial charge is 0.381 e. The second kappa shape index (κ2) is 6.50. The molecule has 1 aliphatic heterocycles. The van der Waals surface area contributed by atoms with Crippen molar-refractivity contribution < 1.29 is 9.53 Å². The molecule has 0 atom stereocenters. The Morgan fingerprint density at radius 2 is 2.17 bits per heavy atom. The smallest absolute Gasteiger partial charge is 0.255 e. The number of thiophene rings is 1. The maximum Gasteiger partial charge on any atom is 0.255 e. The maximum atomic E-state index is 12.3. The number of hydrogen-bond donors (Lipinski definition) is 0. The number of rotatable bonds is 3. The molecule has 1 saturated heterocycles. The highest BCUT2D eigenvalue weighted by Gasteiger charge is 2.21. The molecule has 3 nitrogen and oxygen atoms in total. The summed E-state index contributed by atoms with van der Waals surface area (Å²) in [4.78, 5) is 14.1. The second-order valence-electron chi connectivity index (χ2n) is 4.48. The van der Waals surface area contributed by atoms with Crippen molar-refractivity contribution in [3.05, 3.63) is 19.2 Å². The van der Waals surface area contributed by atoms with Gasteiger partial charge in [-0.3, -0.25) is 4.79 Å². The van der Waals surface area contributed by atoms with Crippen LogP contribution in [-0.4, -0.2) is 37.6 Å². The number of nitrogens with zero attached hydrogens (tertiary/aromatic N) is 1. The van der Waals surface area contributed by atoms with Crippen LogP contribution in [0, 0.1) is 5.92 Å². The summed E-state index contributed by atoms with van der Waals surface area (Å²) in [6, 6.07) is 1.87. The zero-order valence-electron chi connectivity index (χ0n) is 10.1. The van der Waals surface area contributed by atoms with E-state index < -0.39 is 0 Å². The number of carbonyl (C=O) groups excluding carboxylic acids is 1. The first-order valence-electron chi connectivity index (χ1n) is 5.86. The molecule has 1 fully saturated rings. The highest BCUT2D eigenvalue weighted by molar-refractivity contribution is 9.12. The van der Waals surface area contributed by atoms with Crippen molar-refractivity contribution in [3.63, 3.8) is 0 Å². The summed E-state index contributed by atoms with van der Waals surface area (Å²) in [5, 5.41) is 0. The van der Waals surface area contributed by atoms with Crippen molar-refractivity contribution in [3.8, 4) is 0 Å². The molecule has 2 rings (SSSR count). The lowest BCUT2D eigenvalue weighted by atomic mass is 10.00. The van der Waals surface area contributed by atoms with Gasteiger partial charge >= 0.3 is 0 Å². The van der Waals surface area contributed by atoms with Crippen molar-refractivity contribution in [2.75, 3.05) is 26.8 Å². The molecule has 0 aromatic carbocycles. The van der Waals surface area contributed by atoms with Gasteiger partial charge in [0.05, 0.1) is 13.1 Å². The third-order valence-corrected chi connectivity index (χ3v) is 5.45. The van der Waals surface area contributed by atoms with E-state index in [9.17, 15) is 4.79 Å². The van der Waals surface area contributed by atoms with Gasteiger partial charge in [-0.15, -0.1) is 11.3 Å². The van der Waals surface area contributed by atoms with E-state index >= 15 is 0 Å². The molecule has 0 N–H and O–H groups in total. The third-order valence-electron chi connectivity index (χ3n) is 3.11. The third kappa shape index (κ3) is 3.56. The van der Waals surface area contributed by atoms with Crippen LogP contribution in [0.1, 0.15) is 23.2 Å². The quantitative estimate of drug-likeness (QED) is 0.778. The van der Waals surface area contributed by atoms with E-state index in [1.807, 2.05) is 18.0 Å². The van der Waals surface area contributed by atoms with Crippen molar-refractivity contribution in [2.24, 2.45) is 5.92 Å². The molecule has 0 spiro atoms. The average molecular weight is 397 g/mol. The predicted octanol–water partition coefficient (Wildman–Crippen LogP) is 3.77. The molecule has 0 bridgehead atoms. The zero-order valence-corrected chi connectivity index (χ0v) is 14.1. The van der Waals surface area contributed by atoms with E-state index in [0.29, 0.717) is 5.92 Å². The molecule has 0 saturated carbocycles. The van der Waals surface area contributed by atoms with Gasteiger partial charge in [0.25, 0.3) is 5.91 Å². The summed E-state index contributed by atoms with van der Waals surface area (Å²) in [5.74, 6) is 0.642. The molecule has 1 aliphatic rings. The van der Waals surface area contributed by atoms with Gasteiger partial charge in [0, 0.05) is 26.8 Å². The molecule has 1 amide bonds.